The molecule has 2 aromatic rings. The molecule has 2 unspecified atom stereocenters. The highest BCUT2D eigenvalue weighted by Crippen LogP contribution is 2.43. The van der Waals surface area contributed by atoms with Crippen LogP contribution in [-0.2, 0) is 9.53 Å². The SMILES string of the molecule is CCOC(=O)C1C(C#N)=Nc2[nH]ncc2C1c1ccccc1Cl. The van der Waals surface area contributed by atoms with E-state index in [1.807, 2.05) is 24.3 Å². The minimum absolute atomic E-state index is 0.0881. The minimum Gasteiger partial charge on any atom is -0.465 e. The van der Waals surface area contributed by atoms with Crippen molar-refractivity contribution in [1.29, 1.82) is 5.26 Å². The molecule has 0 radical (unpaired) electrons. The summed E-state index contributed by atoms with van der Waals surface area (Å²) in [5.74, 6) is -1.34. The van der Waals surface area contributed by atoms with E-state index in [9.17, 15) is 10.1 Å². The number of rotatable bonds is 3. The number of carbonyl (C=O) groups excluding carboxylic acids is 1. The van der Waals surface area contributed by atoms with E-state index in [1.54, 1.807) is 19.2 Å². The Morgan fingerprint density at radius 2 is 2.22 bits per heavy atom. The summed E-state index contributed by atoms with van der Waals surface area (Å²) in [6, 6.07) is 9.22. The molecule has 0 aliphatic carbocycles. The number of ether oxygens (including phenoxy) is 1. The third-order valence-electron chi connectivity index (χ3n) is 3.74. The lowest BCUT2D eigenvalue weighted by Gasteiger charge is -2.28. The first-order valence-electron chi connectivity index (χ1n) is 7.10. The van der Waals surface area contributed by atoms with E-state index in [0.717, 1.165) is 11.1 Å². The fourth-order valence-corrected chi connectivity index (χ4v) is 3.04. The molecule has 7 heteroatoms. The van der Waals surface area contributed by atoms with Crippen LogP contribution in [0.15, 0.2) is 35.5 Å². The van der Waals surface area contributed by atoms with Gasteiger partial charge in [0.15, 0.2) is 5.82 Å². The number of hydrogen-bond acceptors (Lipinski definition) is 5. The number of aliphatic imine (C=N–C) groups is 1. The van der Waals surface area contributed by atoms with E-state index < -0.39 is 17.8 Å². The number of halogens is 1. The van der Waals surface area contributed by atoms with Crippen LogP contribution in [0.3, 0.4) is 0 Å². The van der Waals surface area contributed by atoms with E-state index in [-0.39, 0.29) is 12.3 Å². The Balaban J connectivity index is 2.20. The maximum absolute atomic E-state index is 12.5. The second-order valence-electron chi connectivity index (χ2n) is 5.01. The van der Waals surface area contributed by atoms with Crippen LogP contribution < -0.4 is 0 Å². The van der Waals surface area contributed by atoms with Crippen LogP contribution in [0.25, 0.3) is 0 Å². The molecule has 3 rings (SSSR count). The molecule has 1 aromatic carbocycles. The number of nitrogens with zero attached hydrogens (tertiary/aromatic N) is 3. The van der Waals surface area contributed by atoms with Gasteiger partial charge < -0.3 is 4.74 Å². The van der Waals surface area contributed by atoms with Crippen molar-refractivity contribution in [2.45, 2.75) is 12.8 Å². The summed E-state index contributed by atoms with van der Waals surface area (Å²) < 4.78 is 5.15. The van der Waals surface area contributed by atoms with Gasteiger partial charge >= 0.3 is 5.97 Å². The quantitative estimate of drug-likeness (QED) is 0.877. The highest BCUT2D eigenvalue weighted by Gasteiger charge is 2.42. The van der Waals surface area contributed by atoms with Gasteiger partial charge in [-0.2, -0.15) is 10.4 Å². The summed E-state index contributed by atoms with van der Waals surface area (Å²) in [4.78, 5) is 16.7. The number of aromatic amines is 1. The topological polar surface area (TPSA) is 91.1 Å². The normalized spacial score (nSPS) is 19.4. The Labute approximate surface area is 137 Å². The zero-order valence-corrected chi connectivity index (χ0v) is 13.0. The zero-order valence-electron chi connectivity index (χ0n) is 12.3. The van der Waals surface area contributed by atoms with Crippen molar-refractivity contribution in [2.24, 2.45) is 10.9 Å². The highest BCUT2D eigenvalue weighted by molar-refractivity contribution is 6.31. The molecule has 1 N–H and O–H groups in total. The summed E-state index contributed by atoms with van der Waals surface area (Å²) in [7, 11) is 0. The first-order chi connectivity index (χ1) is 11.2. The fraction of sp³-hybridized carbons (Fsp3) is 0.250. The first kappa shape index (κ1) is 15.3. The molecule has 1 aliphatic rings. The Kier molecular flexibility index (Phi) is 4.13. The van der Waals surface area contributed by atoms with Crippen molar-refractivity contribution < 1.29 is 9.53 Å². The first-order valence-corrected chi connectivity index (χ1v) is 7.48. The summed E-state index contributed by atoms with van der Waals surface area (Å²) in [5, 5.41) is 16.7. The zero-order chi connectivity index (χ0) is 16.4. The Morgan fingerprint density at radius 1 is 1.43 bits per heavy atom. The molecule has 23 heavy (non-hydrogen) atoms. The lowest BCUT2D eigenvalue weighted by atomic mass is 9.77. The third-order valence-corrected chi connectivity index (χ3v) is 4.08. The van der Waals surface area contributed by atoms with Gasteiger partial charge in [0.1, 0.15) is 17.7 Å². The van der Waals surface area contributed by atoms with Gasteiger partial charge in [0.25, 0.3) is 0 Å². The van der Waals surface area contributed by atoms with Gasteiger partial charge in [0, 0.05) is 16.5 Å². The molecule has 1 aromatic heterocycles. The minimum atomic E-state index is -0.843. The Morgan fingerprint density at radius 3 is 2.91 bits per heavy atom. The molecule has 0 amide bonds. The van der Waals surface area contributed by atoms with Crippen molar-refractivity contribution in [3.63, 3.8) is 0 Å². The number of esters is 1. The summed E-state index contributed by atoms with van der Waals surface area (Å²) >= 11 is 6.32. The molecule has 1 aliphatic heterocycles. The summed E-state index contributed by atoms with van der Waals surface area (Å²) in [6.45, 7) is 1.94. The smallest absolute Gasteiger partial charge is 0.316 e. The van der Waals surface area contributed by atoms with E-state index in [1.165, 1.54) is 0 Å². The average Bonchev–Trinajstić information content (AvgIpc) is 3.02. The standard InChI is InChI=1S/C16H13ClN4O2/c1-2-23-16(22)14-12(7-18)20-15-10(8-19-21-15)13(14)9-5-3-4-6-11(9)17/h3-6,8,13-14H,2H2,1H3,(H,19,21). The Bertz CT molecular complexity index is 821. The molecule has 0 fully saturated rings. The summed E-state index contributed by atoms with van der Waals surface area (Å²) in [6.07, 6.45) is 1.60. The van der Waals surface area contributed by atoms with Gasteiger partial charge in [-0.25, -0.2) is 4.99 Å². The fourth-order valence-electron chi connectivity index (χ4n) is 2.78. The van der Waals surface area contributed by atoms with Gasteiger partial charge in [-0.3, -0.25) is 9.89 Å². The van der Waals surface area contributed by atoms with E-state index in [0.29, 0.717) is 10.8 Å². The number of nitriles is 1. The molecule has 0 bridgehead atoms. The van der Waals surface area contributed by atoms with Crippen molar-refractivity contribution in [2.75, 3.05) is 6.61 Å². The molecule has 6 nitrogen and oxygen atoms in total. The van der Waals surface area contributed by atoms with Crippen LogP contribution in [-0.4, -0.2) is 28.5 Å². The van der Waals surface area contributed by atoms with Gasteiger partial charge in [0.05, 0.1) is 12.8 Å². The number of aromatic nitrogens is 2. The van der Waals surface area contributed by atoms with Gasteiger partial charge in [-0.15, -0.1) is 0 Å². The van der Waals surface area contributed by atoms with Crippen molar-refractivity contribution in [3.05, 3.63) is 46.6 Å². The molecule has 2 atom stereocenters. The number of fused-ring (bicyclic) bond motifs is 1. The van der Waals surface area contributed by atoms with Gasteiger partial charge in [-0.1, -0.05) is 29.8 Å². The number of carbonyl (C=O) groups is 1. The van der Waals surface area contributed by atoms with Gasteiger partial charge in [0.2, 0.25) is 0 Å². The molecule has 0 saturated heterocycles. The van der Waals surface area contributed by atoms with Crippen LogP contribution in [0, 0.1) is 17.2 Å². The molecular weight excluding hydrogens is 316 g/mol. The second-order valence-corrected chi connectivity index (χ2v) is 5.42. The monoisotopic (exact) mass is 328 g/mol. The number of nitrogens with one attached hydrogen (secondary N) is 1. The van der Waals surface area contributed by atoms with Crippen LogP contribution in [0.1, 0.15) is 24.0 Å². The molecule has 0 spiro atoms. The van der Waals surface area contributed by atoms with Crippen molar-refractivity contribution in [1.82, 2.24) is 10.2 Å². The maximum Gasteiger partial charge on any atom is 0.316 e. The van der Waals surface area contributed by atoms with E-state index >= 15 is 0 Å². The predicted octanol–water partition coefficient (Wildman–Crippen LogP) is 2.98. The van der Waals surface area contributed by atoms with Crippen LogP contribution >= 0.6 is 11.6 Å². The molecular formula is C16H13ClN4O2. The maximum atomic E-state index is 12.5. The lowest BCUT2D eigenvalue weighted by Crippen LogP contribution is -2.34. The lowest BCUT2D eigenvalue weighted by molar-refractivity contribution is -0.145. The highest BCUT2D eigenvalue weighted by atomic mass is 35.5. The molecule has 116 valence electrons. The van der Waals surface area contributed by atoms with Crippen molar-refractivity contribution in [3.8, 4) is 6.07 Å². The van der Waals surface area contributed by atoms with E-state index in [4.69, 9.17) is 16.3 Å². The summed E-state index contributed by atoms with van der Waals surface area (Å²) in [5.41, 5.74) is 1.54. The number of hydrogen-bond donors (Lipinski definition) is 1. The van der Waals surface area contributed by atoms with Crippen LogP contribution in [0.5, 0.6) is 0 Å². The van der Waals surface area contributed by atoms with Crippen LogP contribution in [0.2, 0.25) is 5.02 Å². The van der Waals surface area contributed by atoms with Gasteiger partial charge in [-0.05, 0) is 18.6 Å². The second kappa shape index (κ2) is 6.23. The third kappa shape index (κ3) is 2.60. The van der Waals surface area contributed by atoms with Crippen molar-refractivity contribution >= 4 is 29.1 Å². The largest absolute Gasteiger partial charge is 0.465 e. The number of benzene rings is 1. The Hall–Kier alpha value is -2.65. The van der Waals surface area contributed by atoms with E-state index in [2.05, 4.69) is 15.2 Å². The van der Waals surface area contributed by atoms with Crippen LogP contribution in [0.4, 0.5) is 5.82 Å². The predicted molar refractivity (Wildman–Crippen MR) is 84.7 cm³/mol. The molecule has 0 saturated carbocycles. The molecule has 2 heterocycles. The average molecular weight is 329 g/mol. The number of H-pyrrole nitrogens is 1.